The first-order chi connectivity index (χ1) is 14.6. The Kier molecular flexibility index (Phi) is 10.9. The van der Waals surface area contributed by atoms with Crippen LogP contribution in [-0.4, -0.2) is 85.0 Å². The third-order valence-corrected chi connectivity index (χ3v) is 4.58. The number of rotatable bonds is 15. The molecule has 4 N–H and O–H groups in total. The molecule has 2 amide bonds. The van der Waals surface area contributed by atoms with Crippen molar-refractivity contribution in [1.29, 1.82) is 0 Å². The zero-order valence-electron chi connectivity index (χ0n) is 17.2. The van der Waals surface area contributed by atoms with E-state index in [2.05, 4.69) is 15.6 Å². The van der Waals surface area contributed by atoms with Crippen molar-refractivity contribution in [3.8, 4) is 0 Å². The van der Waals surface area contributed by atoms with Crippen molar-refractivity contribution in [1.82, 2.24) is 25.2 Å². The predicted molar refractivity (Wildman–Crippen MR) is 104 cm³/mol. The van der Waals surface area contributed by atoms with Crippen molar-refractivity contribution in [3.63, 3.8) is 0 Å². The van der Waals surface area contributed by atoms with E-state index in [1.54, 1.807) is 10.9 Å². The number of halogens is 1. The van der Waals surface area contributed by atoms with Gasteiger partial charge >= 0.3 is 23.9 Å². The van der Waals surface area contributed by atoms with E-state index in [9.17, 15) is 28.7 Å². The minimum Gasteiger partial charge on any atom is -0.481 e. The molecule has 1 heterocycles. The highest BCUT2D eigenvalue weighted by Gasteiger charge is 2.29. The van der Waals surface area contributed by atoms with Crippen LogP contribution in [0.4, 0.5) is 9.18 Å². The van der Waals surface area contributed by atoms with Crippen LogP contribution in [0.3, 0.4) is 0 Å². The van der Waals surface area contributed by atoms with Gasteiger partial charge in [-0.1, -0.05) is 5.21 Å². The van der Waals surface area contributed by atoms with Crippen molar-refractivity contribution in [2.45, 2.75) is 63.6 Å². The molecular weight excluding hydrogens is 417 g/mol. The van der Waals surface area contributed by atoms with Gasteiger partial charge in [0.2, 0.25) is 0 Å². The number of unbranched alkanes of at least 4 members (excludes halogenated alkanes) is 1. The van der Waals surface area contributed by atoms with Crippen LogP contribution < -0.4 is 5.32 Å². The van der Waals surface area contributed by atoms with Crippen molar-refractivity contribution in [2.75, 3.05) is 13.7 Å². The topological polar surface area (TPSA) is 175 Å². The minimum absolute atomic E-state index is 0.121. The lowest BCUT2D eigenvalue weighted by molar-refractivity contribution is -0.142. The molecule has 0 bridgehead atoms. The number of nitrogens with one attached hydrogen (secondary N) is 1. The Balaban J connectivity index is 2.54. The van der Waals surface area contributed by atoms with Gasteiger partial charge in [-0.3, -0.25) is 13.9 Å². The molecule has 0 aromatic carbocycles. The normalized spacial score (nSPS) is 12.7. The number of alkyl halides is 1. The zero-order valence-corrected chi connectivity index (χ0v) is 17.2. The molecule has 0 aliphatic carbocycles. The molecule has 0 aliphatic heterocycles. The Hall–Kier alpha value is -3.25. The summed E-state index contributed by atoms with van der Waals surface area (Å²) >= 11 is 0. The molecular formula is C18H28FN5O7. The monoisotopic (exact) mass is 445 g/mol. The van der Waals surface area contributed by atoms with Crippen LogP contribution in [0.25, 0.3) is 0 Å². The number of carboxylic acid groups (broad SMARTS) is 3. The second-order valence-corrected chi connectivity index (χ2v) is 7.00. The number of amides is 2. The number of aromatic nitrogens is 3. The number of aliphatic carboxylic acids is 3. The Labute approximate surface area is 178 Å². The lowest BCUT2D eigenvalue weighted by Gasteiger charge is -2.26. The fourth-order valence-electron chi connectivity index (χ4n) is 2.82. The quantitative estimate of drug-likeness (QED) is 0.284. The number of carbonyl (C=O) groups excluding carboxylic acids is 1. The first-order valence-corrected chi connectivity index (χ1v) is 9.81. The third kappa shape index (κ3) is 9.40. The molecule has 174 valence electrons. The van der Waals surface area contributed by atoms with E-state index in [0.717, 1.165) is 4.90 Å². The fourth-order valence-corrected chi connectivity index (χ4v) is 2.82. The molecule has 0 fully saturated rings. The lowest BCUT2D eigenvalue weighted by Crippen LogP contribution is -2.52. The van der Waals surface area contributed by atoms with E-state index in [-0.39, 0.29) is 12.8 Å². The Morgan fingerprint density at radius 3 is 2.42 bits per heavy atom. The molecule has 1 aromatic rings. The third-order valence-electron chi connectivity index (χ3n) is 4.58. The maximum absolute atomic E-state index is 12.3. The second-order valence-electron chi connectivity index (χ2n) is 7.00. The summed E-state index contributed by atoms with van der Waals surface area (Å²) in [6.07, 6.45) is 2.89. The van der Waals surface area contributed by atoms with E-state index in [1.807, 2.05) is 0 Å². The lowest BCUT2D eigenvalue weighted by atomic mass is 10.1. The van der Waals surface area contributed by atoms with Gasteiger partial charge in [-0.15, -0.1) is 5.10 Å². The molecule has 2 atom stereocenters. The summed E-state index contributed by atoms with van der Waals surface area (Å²) in [4.78, 5) is 46.6. The van der Waals surface area contributed by atoms with Gasteiger partial charge in [-0.25, -0.2) is 14.4 Å². The van der Waals surface area contributed by atoms with Gasteiger partial charge in [-0.05, 0) is 38.5 Å². The number of nitrogens with zero attached hydrogens (tertiary/aromatic N) is 4. The summed E-state index contributed by atoms with van der Waals surface area (Å²) in [6, 6.07) is -3.55. The predicted octanol–water partition coefficient (Wildman–Crippen LogP) is 0.763. The van der Waals surface area contributed by atoms with Gasteiger partial charge in [0.1, 0.15) is 12.1 Å². The Morgan fingerprint density at radius 2 is 1.84 bits per heavy atom. The van der Waals surface area contributed by atoms with Gasteiger partial charge in [-0.2, -0.15) is 0 Å². The molecule has 0 aliphatic rings. The van der Waals surface area contributed by atoms with Gasteiger partial charge in [0, 0.05) is 26.2 Å². The number of hydrogen-bond acceptors (Lipinski definition) is 6. The van der Waals surface area contributed by atoms with E-state index in [4.69, 9.17) is 10.2 Å². The highest BCUT2D eigenvalue weighted by Crippen LogP contribution is 2.11. The average Bonchev–Trinajstić information content (AvgIpc) is 3.15. The summed E-state index contributed by atoms with van der Waals surface area (Å²) in [5.41, 5.74) is 0.674. The highest BCUT2D eigenvalue weighted by molar-refractivity contribution is 5.86. The number of carbonyl (C=O) groups is 4. The van der Waals surface area contributed by atoms with Crippen molar-refractivity contribution < 1.29 is 38.9 Å². The van der Waals surface area contributed by atoms with E-state index >= 15 is 0 Å². The molecule has 1 aromatic heterocycles. The SMILES string of the molecule is CN(C(=O)NC(CCC(=O)O)C(=O)O)[C@@H](CCCCn1cc(CCCF)nn1)C(=O)O. The van der Waals surface area contributed by atoms with Crippen molar-refractivity contribution >= 4 is 23.9 Å². The molecule has 0 radical (unpaired) electrons. The van der Waals surface area contributed by atoms with E-state index in [1.165, 1.54) is 7.05 Å². The maximum atomic E-state index is 12.3. The van der Waals surface area contributed by atoms with Crippen molar-refractivity contribution in [3.05, 3.63) is 11.9 Å². The second kappa shape index (κ2) is 13.1. The summed E-state index contributed by atoms with van der Waals surface area (Å²) in [7, 11) is 1.23. The molecule has 0 saturated heterocycles. The molecule has 12 nitrogen and oxygen atoms in total. The van der Waals surface area contributed by atoms with Crippen LogP contribution in [0.15, 0.2) is 6.20 Å². The smallest absolute Gasteiger partial charge is 0.326 e. The van der Waals surface area contributed by atoms with Crippen LogP contribution >= 0.6 is 0 Å². The molecule has 13 heteroatoms. The van der Waals surface area contributed by atoms with Crippen LogP contribution in [0, 0.1) is 0 Å². The molecule has 31 heavy (non-hydrogen) atoms. The Morgan fingerprint density at radius 1 is 1.13 bits per heavy atom. The fraction of sp³-hybridized carbons (Fsp3) is 0.667. The number of aryl methyl sites for hydroxylation is 2. The van der Waals surface area contributed by atoms with Crippen LogP contribution in [0.1, 0.15) is 44.2 Å². The van der Waals surface area contributed by atoms with Crippen LogP contribution in [-0.2, 0) is 27.3 Å². The zero-order chi connectivity index (χ0) is 23.4. The van der Waals surface area contributed by atoms with E-state index < -0.39 is 49.1 Å². The summed E-state index contributed by atoms with van der Waals surface area (Å²) in [6.45, 7) is 0.0401. The number of likely N-dealkylation sites (N-methyl/N-ethyl adjacent to an activating group) is 1. The van der Waals surface area contributed by atoms with Gasteiger partial charge < -0.3 is 25.5 Å². The Bertz CT molecular complexity index is 757. The molecule has 0 spiro atoms. The number of urea groups is 1. The number of carboxylic acids is 3. The highest BCUT2D eigenvalue weighted by atomic mass is 19.1. The standard InChI is InChI=1S/C18H28FN5O7/c1-23(18(31)20-13(16(27)28)7-8-15(25)26)14(17(29)30)6-2-3-10-24-11-12(21-22-24)5-4-9-19/h11,13-14H,2-10H2,1H3,(H,20,31)(H,25,26)(H,27,28)(H,29,30)/t13?,14-/m0/s1. The van der Waals surface area contributed by atoms with Gasteiger partial charge in [0.05, 0.1) is 12.4 Å². The van der Waals surface area contributed by atoms with Gasteiger partial charge in [0.15, 0.2) is 0 Å². The molecule has 1 rings (SSSR count). The van der Waals surface area contributed by atoms with E-state index in [0.29, 0.717) is 37.9 Å². The van der Waals surface area contributed by atoms with Gasteiger partial charge in [0.25, 0.3) is 0 Å². The van der Waals surface area contributed by atoms with Crippen molar-refractivity contribution in [2.24, 2.45) is 0 Å². The summed E-state index contributed by atoms with van der Waals surface area (Å²) < 4.78 is 13.8. The maximum Gasteiger partial charge on any atom is 0.326 e. The first kappa shape index (κ1) is 25.8. The minimum atomic E-state index is -1.44. The largest absolute Gasteiger partial charge is 0.481 e. The summed E-state index contributed by atoms with van der Waals surface area (Å²) in [5.74, 6) is -3.86. The summed E-state index contributed by atoms with van der Waals surface area (Å²) in [5, 5.41) is 37.2. The molecule has 0 saturated carbocycles. The first-order valence-electron chi connectivity index (χ1n) is 9.81. The van der Waals surface area contributed by atoms with Crippen LogP contribution in [0.5, 0.6) is 0 Å². The molecule has 1 unspecified atom stereocenters. The van der Waals surface area contributed by atoms with Crippen LogP contribution in [0.2, 0.25) is 0 Å². The average molecular weight is 445 g/mol. The number of hydrogen-bond donors (Lipinski definition) is 4.